The summed E-state index contributed by atoms with van der Waals surface area (Å²) < 4.78 is 34.6. The summed E-state index contributed by atoms with van der Waals surface area (Å²) >= 11 is 4.91. The molecule has 1 aromatic carbocycles. The Bertz CT molecular complexity index is 843. The van der Waals surface area contributed by atoms with Crippen LogP contribution >= 0.6 is 27.3 Å². The monoisotopic (exact) mass is 430 g/mol. The predicted octanol–water partition coefficient (Wildman–Crippen LogP) is 3.76. The first-order chi connectivity index (χ1) is 11.4. The van der Waals surface area contributed by atoms with Crippen molar-refractivity contribution in [2.75, 3.05) is 35.9 Å². The molecule has 2 aromatic rings. The van der Waals surface area contributed by atoms with Gasteiger partial charge in [0.25, 0.3) is 10.0 Å². The Morgan fingerprint density at radius 1 is 1.21 bits per heavy atom. The molecule has 1 aromatic heterocycles. The molecule has 0 aliphatic carbocycles. The number of hydrogen-bond donors (Lipinski definition) is 1. The smallest absolute Gasteiger partial charge is 0.263 e. The molecule has 24 heavy (non-hydrogen) atoms. The van der Waals surface area contributed by atoms with Gasteiger partial charge in [0.15, 0.2) is 0 Å². The summed E-state index contributed by atoms with van der Waals surface area (Å²) in [5.74, 6) is 0. The molecule has 1 aliphatic rings. The Labute approximate surface area is 154 Å². The van der Waals surface area contributed by atoms with Gasteiger partial charge < -0.3 is 9.64 Å². The maximum atomic E-state index is 12.8. The van der Waals surface area contributed by atoms with Crippen molar-refractivity contribution >= 4 is 48.7 Å². The van der Waals surface area contributed by atoms with Gasteiger partial charge in [-0.05, 0) is 38.1 Å². The molecule has 3 rings (SSSR count). The summed E-state index contributed by atoms with van der Waals surface area (Å²) in [6, 6.07) is 7.37. The summed E-state index contributed by atoms with van der Waals surface area (Å²) in [5.41, 5.74) is 1.45. The largest absolute Gasteiger partial charge is 0.378 e. The lowest BCUT2D eigenvalue weighted by molar-refractivity contribution is 0.123. The zero-order chi connectivity index (χ0) is 17.3. The van der Waals surface area contributed by atoms with Gasteiger partial charge in [0.2, 0.25) is 0 Å². The van der Waals surface area contributed by atoms with Crippen LogP contribution in [0, 0.1) is 13.8 Å². The molecule has 1 saturated heterocycles. The van der Waals surface area contributed by atoms with Crippen molar-refractivity contribution in [2.45, 2.75) is 18.7 Å². The first-order valence-corrected chi connectivity index (χ1v) is 10.7. The van der Waals surface area contributed by atoms with Gasteiger partial charge in [-0.25, -0.2) is 8.42 Å². The van der Waals surface area contributed by atoms with Crippen molar-refractivity contribution < 1.29 is 13.2 Å². The number of sulfonamides is 1. The van der Waals surface area contributed by atoms with E-state index in [1.54, 1.807) is 12.1 Å². The van der Waals surface area contributed by atoms with Crippen LogP contribution in [0.15, 0.2) is 33.6 Å². The molecule has 0 atom stereocenters. The minimum Gasteiger partial charge on any atom is -0.378 e. The third-order valence-electron chi connectivity index (χ3n) is 3.84. The summed E-state index contributed by atoms with van der Waals surface area (Å²) in [5, 5.41) is 0. The van der Waals surface area contributed by atoms with E-state index in [2.05, 4.69) is 25.6 Å². The fourth-order valence-electron chi connectivity index (χ4n) is 2.74. The number of nitrogens with one attached hydrogen (secondary N) is 1. The SMILES string of the molecule is Cc1cc(S(=O)(=O)Nc2cc(Br)ccc2N2CCOCC2)c(C)s1. The van der Waals surface area contributed by atoms with Crippen LogP contribution in [-0.2, 0) is 14.8 Å². The van der Waals surface area contributed by atoms with Crippen molar-refractivity contribution in [1.82, 2.24) is 0 Å². The summed E-state index contributed by atoms with van der Waals surface area (Å²) in [6.07, 6.45) is 0. The van der Waals surface area contributed by atoms with Crippen LogP contribution in [0.1, 0.15) is 9.75 Å². The Hall–Kier alpha value is -1.09. The molecule has 8 heteroatoms. The van der Waals surface area contributed by atoms with Gasteiger partial charge in [-0.2, -0.15) is 0 Å². The normalized spacial score (nSPS) is 15.5. The van der Waals surface area contributed by atoms with E-state index < -0.39 is 10.0 Å². The molecule has 0 radical (unpaired) electrons. The van der Waals surface area contributed by atoms with Gasteiger partial charge in [-0.15, -0.1) is 11.3 Å². The summed E-state index contributed by atoms with van der Waals surface area (Å²) in [7, 11) is -3.62. The molecule has 5 nitrogen and oxygen atoms in total. The molecule has 1 N–H and O–H groups in total. The number of ether oxygens (including phenoxy) is 1. The molecule has 0 spiro atoms. The van der Waals surface area contributed by atoms with Crippen molar-refractivity contribution in [3.05, 3.63) is 38.5 Å². The molecular formula is C16H19BrN2O3S2. The lowest BCUT2D eigenvalue weighted by atomic mass is 10.2. The Balaban J connectivity index is 1.96. The van der Waals surface area contributed by atoms with Gasteiger partial charge in [-0.3, -0.25) is 4.72 Å². The fourth-order valence-corrected chi connectivity index (χ4v) is 5.73. The van der Waals surface area contributed by atoms with Crippen molar-refractivity contribution in [2.24, 2.45) is 0 Å². The molecular weight excluding hydrogens is 412 g/mol. The Morgan fingerprint density at radius 3 is 2.54 bits per heavy atom. The molecule has 0 saturated carbocycles. The van der Waals surface area contributed by atoms with Crippen LogP contribution in [0.25, 0.3) is 0 Å². The van der Waals surface area contributed by atoms with Crippen molar-refractivity contribution in [1.29, 1.82) is 0 Å². The standard InChI is InChI=1S/C16H19BrN2O3S2/c1-11-9-16(12(2)23-11)24(20,21)18-14-10-13(17)3-4-15(14)19-5-7-22-8-6-19/h3-4,9-10,18H,5-8H2,1-2H3. The quantitative estimate of drug-likeness (QED) is 0.801. The predicted molar refractivity (Wildman–Crippen MR) is 102 cm³/mol. The van der Waals surface area contributed by atoms with Crippen LogP contribution < -0.4 is 9.62 Å². The van der Waals surface area contributed by atoms with Crippen LogP contribution in [0.3, 0.4) is 0 Å². The van der Waals surface area contributed by atoms with Gasteiger partial charge >= 0.3 is 0 Å². The second kappa shape index (κ2) is 7.03. The highest BCUT2D eigenvalue weighted by molar-refractivity contribution is 9.10. The average molecular weight is 431 g/mol. The maximum absolute atomic E-state index is 12.8. The highest BCUT2D eigenvalue weighted by atomic mass is 79.9. The Morgan fingerprint density at radius 2 is 1.92 bits per heavy atom. The lowest BCUT2D eigenvalue weighted by Gasteiger charge is -2.30. The minimum atomic E-state index is -3.62. The number of thiophene rings is 1. The van der Waals surface area contributed by atoms with Crippen LogP contribution in [0.2, 0.25) is 0 Å². The van der Waals surface area contributed by atoms with E-state index in [4.69, 9.17) is 4.74 Å². The number of hydrogen-bond acceptors (Lipinski definition) is 5. The number of halogens is 1. The highest BCUT2D eigenvalue weighted by Crippen LogP contribution is 2.33. The third kappa shape index (κ3) is 3.77. The van der Waals surface area contributed by atoms with Gasteiger partial charge in [0.05, 0.1) is 24.6 Å². The molecule has 1 fully saturated rings. The van der Waals surface area contributed by atoms with Crippen LogP contribution in [-0.4, -0.2) is 34.7 Å². The highest BCUT2D eigenvalue weighted by Gasteiger charge is 2.22. The summed E-state index contributed by atoms with van der Waals surface area (Å²) in [6.45, 7) is 6.51. The van der Waals surface area contributed by atoms with E-state index in [1.165, 1.54) is 11.3 Å². The van der Waals surface area contributed by atoms with Gasteiger partial charge in [-0.1, -0.05) is 15.9 Å². The van der Waals surface area contributed by atoms with Crippen molar-refractivity contribution in [3.63, 3.8) is 0 Å². The average Bonchev–Trinajstić information content (AvgIpc) is 2.87. The molecule has 2 heterocycles. The zero-order valence-electron chi connectivity index (χ0n) is 13.5. The molecule has 0 amide bonds. The van der Waals surface area contributed by atoms with E-state index in [1.807, 2.05) is 26.0 Å². The zero-order valence-corrected chi connectivity index (χ0v) is 16.7. The lowest BCUT2D eigenvalue weighted by Crippen LogP contribution is -2.36. The number of nitrogens with zero attached hydrogens (tertiary/aromatic N) is 1. The number of anilines is 2. The minimum absolute atomic E-state index is 0.345. The maximum Gasteiger partial charge on any atom is 0.263 e. The molecule has 0 bridgehead atoms. The second-order valence-electron chi connectivity index (χ2n) is 5.64. The number of rotatable bonds is 4. The van der Waals surface area contributed by atoms with E-state index in [-0.39, 0.29) is 0 Å². The number of morpholine rings is 1. The van der Waals surface area contributed by atoms with Crippen molar-refractivity contribution in [3.8, 4) is 0 Å². The first-order valence-electron chi connectivity index (χ1n) is 7.59. The number of aryl methyl sites for hydroxylation is 2. The van der Waals surface area contributed by atoms with E-state index in [9.17, 15) is 8.42 Å². The topological polar surface area (TPSA) is 58.6 Å². The summed E-state index contributed by atoms with van der Waals surface area (Å²) in [4.78, 5) is 4.26. The van der Waals surface area contributed by atoms with E-state index in [0.717, 1.165) is 33.0 Å². The second-order valence-corrected chi connectivity index (χ2v) is 9.67. The number of benzene rings is 1. The first kappa shape index (κ1) is 17.7. The Kier molecular flexibility index (Phi) is 5.19. The van der Waals surface area contributed by atoms with E-state index >= 15 is 0 Å². The van der Waals surface area contributed by atoms with Crippen LogP contribution in [0.5, 0.6) is 0 Å². The van der Waals surface area contributed by atoms with Crippen LogP contribution in [0.4, 0.5) is 11.4 Å². The third-order valence-corrected chi connectivity index (χ3v) is 6.92. The fraction of sp³-hybridized carbons (Fsp3) is 0.375. The van der Waals surface area contributed by atoms with Gasteiger partial charge in [0, 0.05) is 27.3 Å². The van der Waals surface area contributed by atoms with Gasteiger partial charge in [0.1, 0.15) is 4.90 Å². The molecule has 1 aliphatic heterocycles. The van der Waals surface area contributed by atoms with E-state index in [0.29, 0.717) is 23.8 Å². The molecule has 130 valence electrons. The molecule has 0 unspecified atom stereocenters.